The molecule has 36 heavy (non-hydrogen) atoms. The molecule has 1 saturated heterocycles. The molecule has 0 unspecified atom stereocenters. The summed E-state index contributed by atoms with van der Waals surface area (Å²) in [5.41, 5.74) is 3.31. The van der Waals surface area contributed by atoms with E-state index >= 15 is 0 Å². The molecular weight excluding hydrogens is 517 g/mol. The van der Waals surface area contributed by atoms with Crippen molar-refractivity contribution in [3.05, 3.63) is 122 Å². The minimum absolute atomic E-state index is 0.273. The van der Waals surface area contributed by atoms with Crippen LogP contribution in [0.5, 0.6) is 0 Å². The summed E-state index contributed by atoms with van der Waals surface area (Å²) in [5.74, 6) is -0.627. The van der Waals surface area contributed by atoms with Crippen molar-refractivity contribution in [3.63, 3.8) is 0 Å². The van der Waals surface area contributed by atoms with Crippen LogP contribution in [0.15, 0.2) is 95.5 Å². The summed E-state index contributed by atoms with van der Waals surface area (Å²) < 4.78 is 0. The van der Waals surface area contributed by atoms with Crippen LogP contribution in [0.25, 0.3) is 0 Å². The van der Waals surface area contributed by atoms with Crippen LogP contribution < -0.4 is 10.6 Å². The minimum atomic E-state index is -0.688. The first-order valence-electron chi connectivity index (χ1n) is 11.4. The first-order chi connectivity index (χ1) is 17.3. The standard InChI is InChI=1S/C28H22Cl3N3O2/c1-16-23(28(36)33-20-8-3-2-4-9-20)24(17-6-5-7-18(29)14-17)25(27-32-12-13-34(16)27)26(35)21-15-19(30)10-11-22(21)31/h2-11,14-15,24,32H,12-13H2,1H3,(H,33,36)/t24-/m1/s1. The number of benzene rings is 3. The lowest BCUT2D eigenvalue weighted by molar-refractivity contribution is -0.113. The topological polar surface area (TPSA) is 61.4 Å². The molecule has 2 aliphatic heterocycles. The molecule has 0 bridgehead atoms. The third-order valence-corrected chi connectivity index (χ3v) is 7.20. The van der Waals surface area contributed by atoms with E-state index in [1.165, 1.54) is 0 Å². The van der Waals surface area contributed by atoms with Crippen LogP contribution in [0.4, 0.5) is 5.69 Å². The van der Waals surface area contributed by atoms with Crippen LogP contribution in [-0.2, 0) is 4.79 Å². The third-order valence-electron chi connectivity index (χ3n) is 6.40. The molecule has 182 valence electrons. The number of allylic oxidation sites excluding steroid dienone is 2. The molecule has 0 aliphatic carbocycles. The van der Waals surface area contributed by atoms with Crippen LogP contribution in [0.1, 0.15) is 28.8 Å². The van der Waals surface area contributed by atoms with Crippen molar-refractivity contribution >= 4 is 52.2 Å². The monoisotopic (exact) mass is 537 g/mol. The molecule has 8 heteroatoms. The molecule has 5 nitrogen and oxygen atoms in total. The number of hydrogen-bond acceptors (Lipinski definition) is 4. The van der Waals surface area contributed by atoms with Gasteiger partial charge in [0.2, 0.25) is 0 Å². The van der Waals surface area contributed by atoms with Gasteiger partial charge in [0.15, 0.2) is 5.78 Å². The van der Waals surface area contributed by atoms with E-state index in [-0.39, 0.29) is 22.3 Å². The second-order valence-electron chi connectivity index (χ2n) is 8.60. The summed E-state index contributed by atoms with van der Waals surface area (Å²) in [5, 5.41) is 7.54. The first-order valence-corrected chi connectivity index (χ1v) is 12.6. The van der Waals surface area contributed by atoms with E-state index < -0.39 is 5.92 Å². The van der Waals surface area contributed by atoms with Crippen LogP contribution >= 0.6 is 34.8 Å². The van der Waals surface area contributed by atoms with Crippen molar-refractivity contribution in [1.29, 1.82) is 0 Å². The number of halogens is 3. The smallest absolute Gasteiger partial charge is 0.254 e. The zero-order valence-electron chi connectivity index (χ0n) is 19.3. The van der Waals surface area contributed by atoms with E-state index in [2.05, 4.69) is 10.6 Å². The van der Waals surface area contributed by atoms with E-state index in [1.54, 1.807) is 30.3 Å². The van der Waals surface area contributed by atoms with Gasteiger partial charge in [0, 0.05) is 51.6 Å². The van der Waals surface area contributed by atoms with Gasteiger partial charge in [0.1, 0.15) is 5.82 Å². The predicted molar refractivity (Wildman–Crippen MR) is 144 cm³/mol. The summed E-state index contributed by atoms with van der Waals surface area (Å²) in [6, 6.07) is 21.3. The Morgan fingerprint density at radius 2 is 1.67 bits per heavy atom. The normalized spacial score (nSPS) is 17.1. The molecule has 1 amide bonds. The summed E-state index contributed by atoms with van der Waals surface area (Å²) in [7, 11) is 0. The van der Waals surface area contributed by atoms with Crippen LogP contribution in [0, 0.1) is 0 Å². The summed E-state index contributed by atoms with van der Waals surface area (Å²) in [6.45, 7) is 3.15. The Kier molecular flexibility index (Phi) is 6.80. The van der Waals surface area contributed by atoms with Gasteiger partial charge in [-0.05, 0) is 55.0 Å². The van der Waals surface area contributed by atoms with Crippen LogP contribution in [0.3, 0.4) is 0 Å². The average Bonchev–Trinajstić information content (AvgIpc) is 3.36. The van der Waals surface area contributed by atoms with E-state index in [0.29, 0.717) is 45.8 Å². The number of nitrogens with zero attached hydrogens (tertiary/aromatic N) is 1. The molecule has 0 saturated carbocycles. The molecule has 2 N–H and O–H groups in total. The van der Waals surface area contributed by atoms with Crippen LogP contribution in [-0.4, -0.2) is 29.7 Å². The molecule has 1 atom stereocenters. The molecule has 1 fully saturated rings. The van der Waals surface area contributed by atoms with Crippen LogP contribution in [0.2, 0.25) is 15.1 Å². The van der Waals surface area contributed by atoms with E-state index in [9.17, 15) is 9.59 Å². The van der Waals surface area contributed by atoms with E-state index in [0.717, 1.165) is 11.3 Å². The molecule has 2 aliphatic rings. The number of Topliss-reactive ketones (excluding diaryl/α,β-unsaturated/α-hetero) is 1. The number of rotatable bonds is 5. The first kappa shape index (κ1) is 24.4. The van der Waals surface area contributed by atoms with Gasteiger partial charge in [0.25, 0.3) is 5.91 Å². The average molecular weight is 539 g/mol. The van der Waals surface area contributed by atoms with Crippen molar-refractivity contribution in [2.45, 2.75) is 12.8 Å². The maximum Gasteiger partial charge on any atom is 0.254 e. The molecule has 0 aromatic heterocycles. The molecule has 0 spiro atoms. The molecule has 0 radical (unpaired) electrons. The zero-order valence-corrected chi connectivity index (χ0v) is 21.6. The van der Waals surface area contributed by atoms with Crippen molar-refractivity contribution in [1.82, 2.24) is 10.2 Å². The van der Waals surface area contributed by atoms with Gasteiger partial charge in [-0.25, -0.2) is 0 Å². The van der Waals surface area contributed by atoms with Crippen molar-refractivity contribution in [3.8, 4) is 0 Å². The largest absolute Gasteiger partial charge is 0.369 e. The maximum absolute atomic E-state index is 14.2. The maximum atomic E-state index is 14.2. The summed E-state index contributed by atoms with van der Waals surface area (Å²) >= 11 is 19.1. The third kappa shape index (κ3) is 4.50. The highest BCUT2D eigenvalue weighted by atomic mass is 35.5. The Labute approximate surface area is 224 Å². The Hall–Kier alpha value is -3.25. The number of carbonyl (C=O) groups is 2. The molecular formula is C28H22Cl3N3O2. The Bertz CT molecular complexity index is 1430. The lowest BCUT2D eigenvalue weighted by atomic mass is 9.77. The van der Waals surface area contributed by atoms with Gasteiger partial charge >= 0.3 is 0 Å². The summed E-state index contributed by atoms with van der Waals surface area (Å²) in [6.07, 6.45) is 0. The number of hydrogen-bond donors (Lipinski definition) is 2. The highest BCUT2D eigenvalue weighted by molar-refractivity contribution is 6.37. The molecule has 5 rings (SSSR count). The van der Waals surface area contributed by atoms with Gasteiger partial charge < -0.3 is 15.5 Å². The fourth-order valence-electron chi connectivity index (χ4n) is 4.79. The number of fused-ring (bicyclic) bond motifs is 1. The minimum Gasteiger partial charge on any atom is -0.369 e. The number of ketones is 1. The molecule has 3 aromatic rings. The van der Waals surface area contributed by atoms with Gasteiger partial charge in [-0.2, -0.15) is 0 Å². The fraction of sp³-hybridized carbons (Fsp3) is 0.143. The van der Waals surface area contributed by atoms with Gasteiger partial charge in [-0.1, -0.05) is 65.1 Å². The second-order valence-corrected chi connectivity index (χ2v) is 9.88. The van der Waals surface area contributed by atoms with Gasteiger partial charge in [0.05, 0.1) is 10.6 Å². The zero-order chi connectivity index (χ0) is 25.4. The number of carbonyl (C=O) groups excluding carboxylic acids is 2. The van der Waals surface area contributed by atoms with Gasteiger partial charge in [-0.3, -0.25) is 9.59 Å². The Balaban J connectivity index is 1.71. The SMILES string of the molecule is CC1=C(C(=O)Nc2ccccc2)[C@@H](c2cccc(Cl)c2)C(C(=O)c2cc(Cl)ccc2Cl)=C2NCCN12. The molecule has 3 aromatic carbocycles. The Morgan fingerprint density at radius 1 is 0.917 bits per heavy atom. The highest BCUT2D eigenvalue weighted by Crippen LogP contribution is 2.45. The highest BCUT2D eigenvalue weighted by Gasteiger charge is 2.42. The number of nitrogens with one attached hydrogen (secondary N) is 2. The van der Waals surface area contributed by atoms with Crippen molar-refractivity contribution in [2.75, 3.05) is 18.4 Å². The number of amides is 1. The predicted octanol–water partition coefficient (Wildman–Crippen LogP) is 6.66. The van der Waals surface area contributed by atoms with Gasteiger partial charge in [-0.15, -0.1) is 0 Å². The van der Waals surface area contributed by atoms with Crippen molar-refractivity contribution < 1.29 is 9.59 Å². The summed E-state index contributed by atoms with van der Waals surface area (Å²) in [4.78, 5) is 30.0. The van der Waals surface area contributed by atoms with Crippen molar-refractivity contribution in [2.24, 2.45) is 0 Å². The van der Waals surface area contributed by atoms with E-state index in [1.807, 2.05) is 54.3 Å². The number of para-hydroxylation sites is 1. The fourth-order valence-corrected chi connectivity index (χ4v) is 5.37. The number of anilines is 1. The van der Waals surface area contributed by atoms with E-state index in [4.69, 9.17) is 34.8 Å². The quantitative estimate of drug-likeness (QED) is 0.357. The Morgan fingerprint density at radius 3 is 2.42 bits per heavy atom. The second kappa shape index (κ2) is 10.0. The lowest BCUT2D eigenvalue weighted by Crippen LogP contribution is -2.36. The lowest BCUT2D eigenvalue weighted by Gasteiger charge is -2.36. The molecule has 2 heterocycles.